The molecule has 0 saturated carbocycles. The third-order valence-electron chi connectivity index (χ3n) is 3.92. The van der Waals surface area contributed by atoms with E-state index in [1.54, 1.807) is 36.4 Å². The molecule has 0 radical (unpaired) electrons. The van der Waals surface area contributed by atoms with E-state index in [0.717, 1.165) is 10.0 Å². The number of rotatable bonds is 7. The van der Waals surface area contributed by atoms with Gasteiger partial charge in [-0.1, -0.05) is 24.3 Å². The van der Waals surface area contributed by atoms with Gasteiger partial charge in [0, 0.05) is 11.4 Å². The van der Waals surface area contributed by atoms with E-state index in [0.29, 0.717) is 17.1 Å². The van der Waals surface area contributed by atoms with Crippen molar-refractivity contribution in [3.63, 3.8) is 0 Å². The van der Waals surface area contributed by atoms with E-state index in [2.05, 4.69) is 26.0 Å². The van der Waals surface area contributed by atoms with E-state index in [-0.39, 0.29) is 17.4 Å². The lowest BCUT2D eigenvalue weighted by molar-refractivity contribution is -0.118. The van der Waals surface area contributed by atoms with Crippen LogP contribution in [0, 0.1) is 6.92 Å². The van der Waals surface area contributed by atoms with Crippen molar-refractivity contribution in [2.24, 2.45) is 0 Å². The molecule has 0 aromatic heterocycles. The van der Waals surface area contributed by atoms with Crippen LogP contribution in [-0.2, 0) is 14.8 Å². The monoisotopic (exact) mass is 474 g/mol. The molecule has 1 amide bonds. The predicted octanol–water partition coefficient (Wildman–Crippen LogP) is 4.58. The molecule has 0 saturated heterocycles. The second kappa shape index (κ2) is 9.11. The van der Waals surface area contributed by atoms with Gasteiger partial charge in [-0.05, 0) is 76.9 Å². The fourth-order valence-electron chi connectivity index (χ4n) is 2.50. The van der Waals surface area contributed by atoms with Crippen molar-refractivity contribution in [3.8, 4) is 5.75 Å². The lowest BCUT2D eigenvalue weighted by atomic mass is 10.2. The first kappa shape index (κ1) is 20.9. The van der Waals surface area contributed by atoms with Crippen LogP contribution in [0.1, 0.15) is 5.56 Å². The number of hydrogen-bond donors (Lipinski definition) is 2. The van der Waals surface area contributed by atoms with Gasteiger partial charge < -0.3 is 10.1 Å². The molecule has 150 valence electrons. The number of carbonyl (C=O) groups is 1. The minimum absolute atomic E-state index is 0.0965. The third kappa shape index (κ3) is 5.82. The molecule has 8 heteroatoms. The minimum atomic E-state index is -3.71. The molecule has 29 heavy (non-hydrogen) atoms. The Kier molecular flexibility index (Phi) is 6.56. The molecule has 0 heterocycles. The van der Waals surface area contributed by atoms with E-state index in [9.17, 15) is 13.2 Å². The number of hydrogen-bond acceptors (Lipinski definition) is 4. The summed E-state index contributed by atoms with van der Waals surface area (Å²) in [5, 5.41) is 2.68. The third-order valence-corrected chi connectivity index (χ3v) is 5.94. The first-order valence-corrected chi connectivity index (χ1v) is 11.0. The number of nitrogens with one attached hydrogen (secondary N) is 2. The van der Waals surface area contributed by atoms with Crippen LogP contribution in [0.15, 0.2) is 82.2 Å². The fraction of sp³-hybridized carbons (Fsp3) is 0.0952. The van der Waals surface area contributed by atoms with E-state index in [4.69, 9.17) is 4.74 Å². The van der Waals surface area contributed by atoms with Crippen LogP contribution in [0.2, 0.25) is 0 Å². The van der Waals surface area contributed by atoms with Crippen LogP contribution >= 0.6 is 15.9 Å². The maximum absolute atomic E-state index is 12.4. The van der Waals surface area contributed by atoms with Crippen molar-refractivity contribution in [1.82, 2.24) is 0 Å². The zero-order valence-corrected chi connectivity index (χ0v) is 18.0. The molecule has 0 fully saturated rings. The Hall–Kier alpha value is -2.84. The topological polar surface area (TPSA) is 84.5 Å². The summed E-state index contributed by atoms with van der Waals surface area (Å²) in [4.78, 5) is 12.2. The van der Waals surface area contributed by atoms with E-state index in [1.807, 2.05) is 19.1 Å². The van der Waals surface area contributed by atoms with Gasteiger partial charge in [-0.3, -0.25) is 9.52 Å². The highest BCUT2D eigenvalue weighted by Gasteiger charge is 2.14. The van der Waals surface area contributed by atoms with Gasteiger partial charge in [-0.25, -0.2) is 8.42 Å². The SMILES string of the molecule is Cc1ccc(OCC(=O)Nc2ccc(S(=O)(=O)Nc3ccccc3)cc2)c(Br)c1. The van der Waals surface area contributed by atoms with Crippen LogP contribution < -0.4 is 14.8 Å². The molecule has 0 aliphatic rings. The number of halogens is 1. The molecule has 0 atom stereocenters. The molecule has 0 aliphatic heterocycles. The maximum Gasteiger partial charge on any atom is 0.262 e. The first-order valence-electron chi connectivity index (χ1n) is 8.70. The Morgan fingerprint density at radius 3 is 2.31 bits per heavy atom. The fourth-order valence-corrected chi connectivity index (χ4v) is 4.17. The van der Waals surface area contributed by atoms with Crippen molar-refractivity contribution >= 4 is 43.2 Å². The van der Waals surface area contributed by atoms with Crippen molar-refractivity contribution in [2.45, 2.75) is 11.8 Å². The van der Waals surface area contributed by atoms with Gasteiger partial charge in [0.25, 0.3) is 15.9 Å². The summed E-state index contributed by atoms with van der Waals surface area (Å²) in [5.41, 5.74) is 2.02. The van der Waals surface area contributed by atoms with Crippen molar-refractivity contribution < 1.29 is 17.9 Å². The van der Waals surface area contributed by atoms with Gasteiger partial charge in [0.05, 0.1) is 9.37 Å². The highest BCUT2D eigenvalue weighted by atomic mass is 79.9. The average molecular weight is 475 g/mol. The van der Waals surface area contributed by atoms with Crippen molar-refractivity contribution in [1.29, 1.82) is 0 Å². The van der Waals surface area contributed by atoms with Gasteiger partial charge >= 0.3 is 0 Å². The molecule has 3 rings (SSSR count). The largest absolute Gasteiger partial charge is 0.483 e. The van der Waals surface area contributed by atoms with E-state index >= 15 is 0 Å². The van der Waals surface area contributed by atoms with Crippen molar-refractivity contribution in [3.05, 3.63) is 82.8 Å². The molecule has 3 aromatic rings. The predicted molar refractivity (Wildman–Crippen MR) is 117 cm³/mol. The Morgan fingerprint density at radius 1 is 0.966 bits per heavy atom. The summed E-state index contributed by atoms with van der Waals surface area (Å²) in [6.45, 7) is 1.79. The number of carbonyl (C=O) groups excluding carboxylic acids is 1. The highest BCUT2D eigenvalue weighted by molar-refractivity contribution is 9.10. The van der Waals surface area contributed by atoms with E-state index in [1.165, 1.54) is 24.3 Å². The number of anilines is 2. The zero-order valence-electron chi connectivity index (χ0n) is 15.6. The zero-order chi connectivity index (χ0) is 20.9. The number of benzene rings is 3. The Labute approximate surface area is 178 Å². The minimum Gasteiger partial charge on any atom is -0.483 e. The summed E-state index contributed by atoms with van der Waals surface area (Å²) in [7, 11) is -3.71. The molecule has 3 aromatic carbocycles. The summed E-state index contributed by atoms with van der Waals surface area (Å²) in [5.74, 6) is 0.217. The summed E-state index contributed by atoms with van der Waals surface area (Å²) in [6.07, 6.45) is 0. The van der Waals surface area contributed by atoms with Gasteiger partial charge in [0.1, 0.15) is 5.75 Å². The lowest BCUT2D eigenvalue weighted by Crippen LogP contribution is -2.20. The summed E-state index contributed by atoms with van der Waals surface area (Å²) < 4.78 is 33.6. The maximum atomic E-state index is 12.4. The van der Waals surface area contributed by atoms with Gasteiger partial charge in [0.15, 0.2) is 6.61 Å². The highest BCUT2D eigenvalue weighted by Crippen LogP contribution is 2.25. The van der Waals surface area contributed by atoms with E-state index < -0.39 is 10.0 Å². The van der Waals surface area contributed by atoms with Crippen LogP contribution in [-0.4, -0.2) is 20.9 Å². The normalized spacial score (nSPS) is 11.0. The van der Waals surface area contributed by atoms with Crippen LogP contribution in [0.4, 0.5) is 11.4 Å². The average Bonchev–Trinajstić information content (AvgIpc) is 2.68. The molecule has 0 aliphatic carbocycles. The molecular weight excluding hydrogens is 456 g/mol. The number of ether oxygens (including phenoxy) is 1. The molecule has 0 spiro atoms. The Bertz CT molecular complexity index is 1100. The molecule has 2 N–H and O–H groups in total. The molecular formula is C21H19BrN2O4S. The number of para-hydroxylation sites is 1. The number of sulfonamides is 1. The lowest BCUT2D eigenvalue weighted by Gasteiger charge is -2.11. The smallest absolute Gasteiger partial charge is 0.262 e. The molecule has 0 unspecified atom stereocenters. The Morgan fingerprint density at radius 2 is 1.66 bits per heavy atom. The van der Waals surface area contributed by atoms with Crippen molar-refractivity contribution in [2.75, 3.05) is 16.6 Å². The van der Waals surface area contributed by atoms with Gasteiger partial charge in [-0.15, -0.1) is 0 Å². The summed E-state index contributed by atoms with van der Waals surface area (Å²) in [6, 6.07) is 20.1. The summed E-state index contributed by atoms with van der Waals surface area (Å²) >= 11 is 3.39. The second-order valence-corrected chi connectivity index (χ2v) is 8.80. The number of aryl methyl sites for hydroxylation is 1. The quantitative estimate of drug-likeness (QED) is 0.524. The van der Waals surface area contributed by atoms with Crippen LogP contribution in [0.3, 0.4) is 0 Å². The molecule has 6 nitrogen and oxygen atoms in total. The standard InChI is InChI=1S/C21H19BrN2O4S/c1-15-7-12-20(19(22)13-15)28-14-21(25)23-16-8-10-18(11-9-16)29(26,27)24-17-5-3-2-4-6-17/h2-13,24H,14H2,1H3,(H,23,25). The van der Waals surface area contributed by atoms with Crippen LogP contribution in [0.5, 0.6) is 5.75 Å². The second-order valence-electron chi connectivity index (χ2n) is 6.27. The van der Waals surface area contributed by atoms with Crippen LogP contribution in [0.25, 0.3) is 0 Å². The first-order chi connectivity index (χ1) is 13.8. The van der Waals surface area contributed by atoms with Gasteiger partial charge in [0.2, 0.25) is 0 Å². The van der Waals surface area contributed by atoms with Gasteiger partial charge in [-0.2, -0.15) is 0 Å². The number of amides is 1. The Balaban J connectivity index is 1.59. The molecule has 0 bridgehead atoms.